The van der Waals surface area contributed by atoms with E-state index in [4.69, 9.17) is 5.73 Å². The van der Waals surface area contributed by atoms with Crippen LogP contribution in [0.1, 0.15) is 10.4 Å². The lowest BCUT2D eigenvalue weighted by Gasteiger charge is -2.35. The average molecular weight is 377 g/mol. The van der Waals surface area contributed by atoms with E-state index in [-0.39, 0.29) is 57.6 Å². The molecule has 1 aliphatic rings. The molecule has 0 radical (unpaired) electrons. The van der Waals surface area contributed by atoms with E-state index in [1.165, 1.54) is 15.9 Å². The van der Waals surface area contributed by atoms with Crippen molar-refractivity contribution < 1.29 is 23.2 Å². The maximum Gasteiger partial charge on any atom is 0.259 e. The molecule has 0 saturated carbocycles. The molecule has 10 heteroatoms. The van der Waals surface area contributed by atoms with Gasteiger partial charge in [-0.05, 0) is 12.1 Å². The van der Waals surface area contributed by atoms with Gasteiger partial charge in [-0.25, -0.2) is 8.78 Å². The first-order chi connectivity index (χ1) is 11.4. The lowest BCUT2D eigenvalue weighted by atomic mass is 10.1. The van der Waals surface area contributed by atoms with E-state index in [2.05, 4.69) is 5.32 Å². The molecule has 0 unspecified atom stereocenters. The lowest BCUT2D eigenvalue weighted by Crippen LogP contribution is -2.53. The SMILES string of the molecule is Cl.NCC(=O)NCC(=O)N1CCN(C(=O)c2c(F)cccc2F)CC1. The van der Waals surface area contributed by atoms with Crippen molar-refractivity contribution in [3.05, 3.63) is 35.4 Å². The molecule has 0 spiro atoms. The van der Waals surface area contributed by atoms with E-state index >= 15 is 0 Å². The minimum absolute atomic E-state index is 0. The molecule has 1 saturated heterocycles. The van der Waals surface area contributed by atoms with Crippen molar-refractivity contribution in [2.45, 2.75) is 0 Å². The van der Waals surface area contributed by atoms with Crippen molar-refractivity contribution in [3.8, 4) is 0 Å². The van der Waals surface area contributed by atoms with Crippen LogP contribution in [0.25, 0.3) is 0 Å². The molecule has 25 heavy (non-hydrogen) atoms. The van der Waals surface area contributed by atoms with Crippen LogP contribution in [0.15, 0.2) is 18.2 Å². The maximum absolute atomic E-state index is 13.7. The van der Waals surface area contributed by atoms with Gasteiger partial charge in [-0.1, -0.05) is 6.07 Å². The predicted molar refractivity (Wildman–Crippen MR) is 88.2 cm³/mol. The number of benzene rings is 1. The fourth-order valence-electron chi connectivity index (χ4n) is 2.38. The quantitative estimate of drug-likeness (QED) is 0.757. The number of rotatable bonds is 4. The van der Waals surface area contributed by atoms with Crippen molar-refractivity contribution in [2.75, 3.05) is 39.3 Å². The molecule has 1 aromatic carbocycles. The van der Waals surface area contributed by atoms with Gasteiger partial charge in [0.15, 0.2) is 0 Å². The lowest BCUT2D eigenvalue weighted by molar-refractivity contribution is -0.133. The fourth-order valence-corrected chi connectivity index (χ4v) is 2.38. The van der Waals surface area contributed by atoms with Gasteiger partial charge in [-0.3, -0.25) is 14.4 Å². The van der Waals surface area contributed by atoms with E-state index in [1.54, 1.807) is 0 Å². The van der Waals surface area contributed by atoms with Crippen LogP contribution in [-0.4, -0.2) is 66.8 Å². The van der Waals surface area contributed by atoms with Crippen molar-refractivity contribution in [2.24, 2.45) is 5.73 Å². The fraction of sp³-hybridized carbons (Fsp3) is 0.400. The zero-order valence-corrected chi connectivity index (χ0v) is 14.2. The Kier molecular flexibility index (Phi) is 7.72. The number of hydrogen-bond acceptors (Lipinski definition) is 4. The Hall–Kier alpha value is -2.26. The molecule has 0 atom stereocenters. The number of piperazine rings is 1. The highest BCUT2D eigenvalue weighted by molar-refractivity contribution is 5.95. The molecule has 3 N–H and O–H groups in total. The number of amides is 3. The van der Waals surface area contributed by atoms with Gasteiger partial charge in [0.2, 0.25) is 11.8 Å². The van der Waals surface area contributed by atoms with Crippen molar-refractivity contribution in [1.29, 1.82) is 0 Å². The van der Waals surface area contributed by atoms with E-state index in [0.29, 0.717) is 0 Å². The van der Waals surface area contributed by atoms with Gasteiger partial charge in [0.05, 0.1) is 13.1 Å². The van der Waals surface area contributed by atoms with Gasteiger partial charge < -0.3 is 20.9 Å². The van der Waals surface area contributed by atoms with Gasteiger partial charge in [0, 0.05) is 26.2 Å². The summed E-state index contributed by atoms with van der Waals surface area (Å²) in [5, 5.41) is 2.37. The zero-order valence-electron chi connectivity index (χ0n) is 13.3. The Morgan fingerprint density at radius 3 is 2.08 bits per heavy atom. The summed E-state index contributed by atoms with van der Waals surface area (Å²) in [7, 11) is 0. The molecule has 1 aromatic rings. The monoisotopic (exact) mass is 376 g/mol. The summed E-state index contributed by atoms with van der Waals surface area (Å²) in [5.41, 5.74) is 4.54. The Morgan fingerprint density at radius 1 is 1.04 bits per heavy atom. The predicted octanol–water partition coefficient (Wildman–Crippen LogP) is -0.254. The Balaban J connectivity index is 0.00000312. The highest BCUT2D eigenvalue weighted by Crippen LogP contribution is 2.16. The smallest absolute Gasteiger partial charge is 0.259 e. The van der Waals surface area contributed by atoms with E-state index in [9.17, 15) is 23.2 Å². The molecule has 2 rings (SSSR count). The highest BCUT2D eigenvalue weighted by Gasteiger charge is 2.28. The molecule has 7 nitrogen and oxygen atoms in total. The van der Waals surface area contributed by atoms with E-state index in [1.807, 2.05) is 0 Å². The summed E-state index contributed by atoms with van der Waals surface area (Å²) in [6.45, 7) is 0.375. The second-order valence-electron chi connectivity index (χ2n) is 5.25. The maximum atomic E-state index is 13.7. The van der Waals surface area contributed by atoms with Crippen molar-refractivity contribution in [3.63, 3.8) is 0 Å². The van der Waals surface area contributed by atoms with Gasteiger partial charge in [0.25, 0.3) is 5.91 Å². The number of nitrogens with zero attached hydrogens (tertiary/aromatic N) is 2. The largest absolute Gasteiger partial charge is 0.346 e. The van der Waals surface area contributed by atoms with Crippen LogP contribution in [0.5, 0.6) is 0 Å². The third kappa shape index (κ3) is 5.10. The third-order valence-electron chi connectivity index (χ3n) is 3.72. The minimum Gasteiger partial charge on any atom is -0.346 e. The average Bonchev–Trinajstić information content (AvgIpc) is 2.59. The third-order valence-corrected chi connectivity index (χ3v) is 3.72. The standard InChI is InChI=1S/C15H18F2N4O3.ClH/c16-10-2-1-3-11(17)14(10)15(24)21-6-4-20(5-7-21)13(23)9-19-12(22)8-18;/h1-3H,4-9,18H2,(H,19,22);1H. The van der Waals surface area contributed by atoms with Crippen LogP contribution >= 0.6 is 12.4 Å². The van der Waals surface area contributed by atoms with Crippen LogP contribution < -0.4 is 11.1 Å². The minimum atomic E-state index is -0.914. The first kappa shape index (κ1) is 20.8. The number of carbonyl (C=O) groups excluding carboxylic acids is 3. The first-order valence-electron chi connectivity index (χ1n) is 7.42. The Labute approximate surface area is 149 Å². The number of hydrogen-bond donors (Lipinski definition) is 2. The van der Waals surface area contributed by atoms with Crippen LogP contribution in [0.3, 0.4) is 0 Å². The first-order valence-corrected chi connectivity index (χ1v) is 7.42. The number of carbonyl (C=O) groups is 3. The number of halogens is 3. The molecule has 0 bridgehead atoms. The molecule has 0 aliphatic carbocycles. The van der Waals surface area contributed by atoms with Gasteiger partial charge in [-0.15, -0.1) is 12.4 Å². The van der Waals surface area contributed by atoms with E-state index in [0.717, 1.165) is 12.1 Å². The summed E-state index contributed by atoms with van der Waals surface area (Å²) in [6.07, 6.45) is 0. The highest BCUT2D eigenvalue weighted by atomic mass is 35.5. The van der Waals surface area contributed by atoms with Crippen LogP contribution in [0, 0.1) is 11.6 Å². The van der Waals surface area contributed by atoms with Crippen LogP contribution in [0.2, 0.25) is 0 Å². The molecule has 1 fully saturated rings. The van der Waals surface area contributed by atoms with Crippen LogP contribution in [0.4, 0.5) is 8.78 Å². The van der Waals surface area contributed by atoms with Gasteiger partial charge in [0.1, 0.15) is 17.2 Å². The normalized spacial score (nSPS) is 13.9. The molecule has 1 heterocycles. The Bertz CT molecular complexity index is 631. The molecule has 1 aliphatic heterocycles. The zero-order chi connectivity index (χ0) is 17.7. The second-order valence-corrected chi connectivity index (χ2v) is 5.25. The van der Waals surface area contributed by atoms with Crippen molar-refractivity contribution >= 4 is 30.1 Å². The van der Waals surface area contributed by atoms with Crippen molar-refractivity contribution in [1.82, 2.24) is 15.1 Å². The summed E-state index contributed by atoms with van der Waals surface area (Å²) in [5.74, 6) is -3.31. The molecule has 138 valence electrons. The Morgan fingerprint density at radius 2 is 1.56 bits per heavy atom. The second kappa shape index (κ2) is 9.28. The number of nitrogens with two attached hydrogens (primary N) is 1. The topological polar surface area (TPSA) is 95.7 Å². The molecule has 0 aromatic heterocycles. The van der Waals surface area contributed by atoms with E-state index < -0.39 is 29.0 Å². The summed E-state index contributed by atoms with van der Waals surface area (Å²) < 4.78 is 27.3. The summed E-state index contributed by atoms with van der Waals surface area (Å²) in [6, 6.07) is 3.24. The van der Waals surface area contributed by atoms with Gasteiger partial charge >= 0.3 is 0 Å². The molecular weight excluding hydrogens is 358 g/mol. The number of nitrogens with one attached hydrogen (secondary N) is 1. The summed E-state index contributed by atoms with van der Waals surface area (Å²) >= 11 is 0. The van der Waals surface area contributed by atoms with Gasteiger partial charge in [-0.2, -0.15) is 0 Å². The molecule has 3 amide bonds. The van der Waals surface area contributed by atoms with Crippen LogP contribution in [-0.2, 0) is 9.59 Å². The summed E-state index contributed by atoms with van der Waals surface area (Å²) in [4.78, 5) is 38.0. The molecular formula is C15H19ClF2N4O3.